The lowest BCUT2D eigenvalue weighted by Crippen LogP contribution is -2.03. The summed E-state index contributed by atoms with van der Waals surface area (Å²) in [6.45, 7) is 0. The molecule has 1 atom stereocenters. The van der Waals surface area contributed by atoms with Gasteiger partial charge in [-0.15, -0.1) is 0 Å². The van der Waals surface area contributed by atoms with Gasteiger partial charge in [0.25, 0.3) is 0 Å². The molecule has 18 heavy (non-hydrogen) atoms. The van der Waals surface area contributed by atoms with E-state index in [0.29, 0.717) is 0 Å². The summed E-state index contributed by atoms with van der Waals surface area (Å²) in [7, 11) is 0. The SMILES string of the molecule is C1=C(C(c2ccccc2)c2cccnc2)N=IN1. The van der Waals surface area contributed by atoms with Gasteiger partial charge in [-0.3, -0.25) is 4.98 Å². The molecule has 1 N–H and O–H groups in total. The number of hydrogen-bond donors (Lipinski definition) is 1. The normalized spacial score (nSPS) is 15.4. The molecule has 1 aromatic carbocycles. The Morgan fingerprint density at radius 2 is 1.83 bits per heavy atom. The quantitative estimate of drug-likeness (QED) is 0.677. The van der Waals surface area contributed by atoms with Crippen molar-refractivity contribution in [3.05, 3.63) is 77.9 Å². The molecule has 2 aromatic rings. The molecule has 0 fully saturated rings. The van der Waals surface area contributed by atoms with Crippen molar-refractivity contribution in [2.24, 2.45) is 3.15 Å². The van der Waals surface area contributed by atoms with Crippen molar-refractivity contribution in [2.45, 2.75) is 5.92 Å². The minimum Gasteiger partial charge on any atom is -0.324 e. The Morgan fingerprint density at radius 3 is 2.50 bits per heavy atom. The Morgan fingerprint density at radius 1 is 1.00 bits per heavy atom. The van der Waals surface area contributed by atoms with Gasteiger partial charge in [-0.1, -0.05) is 36.4 Å². The molecule has 3 nitrogen and oxygen atoms in total. The molecule has 0 spiro atoms. The van der Waals surface area contributed by atoms with Crippen LogP contribution in [0.1, 0.15) is 17.0 Å². The van der Waals surface area contributed by atoms with E-state index in [0.717, 1.165) is 5.70 Å². The summed E-state index contributed by atoms with van der Waals surface area (Å²) in [5, 5.41) is 0. The molecule has 1 aromatic heterocycles. The highest BCUT2D eigenvalue weighted by molar-refractivity contribution is 14.1. The van der Waals surface area contributed by atoms with Gasteiger partial charge in [-0.05, 0) is 17.2 Å². The van der Waals surface area contributed by atoms with E-state index < -0.39 is 0 Å². The Labute approximate surface area is 116 Å². The van der Waals surface area contributed by atoms with Gasteiger partial charge >= 0.3 is 0 Å². The number of benzene rings is 1. The van der Waals surface area contributed by atoms with Crippen molar-refractivity contribution in [1.29, 1.82) is 0 Å². The number of nitrogens with zero attached hydrogens (tertiary/aromatic N) is 2. The summed E-state index contributed by atoms with van der Waals surface area (Å²) >= 11 is -0.253. The van der Waals surface area contributed by atoms with E-state index in [2.05, 4.69) is 42.0 Å². The number of aromatic nitrogens is 1. The first kappa shape index (κ1) is 11.5. The Hall–Kier alpha value is -1.56. The average molecular weight is 349 g/mol. The van der Waals surface area contributed by atoms with Crippen molar-refractivity contribution < 1.29 is 0 Å². The van der Waals surface area contributed by atoms with Gasteiger partial charge in [0.2, 0.25) is 0 Å². The Kier molecular flexibility index (Phi) is 3.45. The van der Waals surface area contributed by atoms with E-state index in [1.165, 1.54) is 11.1 Å². The molecule has 1 aliphatic heterocycles. The maximum atomic E-state index is 4.62. The van der Waals surface area contributed by atoms with Crippen LogP contribution in [0.25, 0.3) is 0 Å². The molecule has 4 heteroatoms. The fourth-order valence-corrected chi connectivity index (χ4v) is 3.33. The topological polar surface area (TPSA) is 37.3 Å². The zero-order chi connectivity index (χ0) is 12.2. The molecule has 0 saturated carbocycles. The van der Waals surface area contributed by atoms with Crippen LogP contribution in [0, 0.1) is 0 Å². The predicted molar refractivity (Wildman–Crippen MR) is 80.2 cm³/mol. The predicted octanol–water partition coefficient (Wildman–Crippen LogP) is 3.73. The number of allylic oxidation sites excluding steroid dienone is 1. The van der Waals surface area contributed by atoms with Crippen molar-refractivity contribution in [3.8, 4) is 0 Å². The van der Waals surface area contributed by atoms with Crippen molar-refractivity contribution in [1.82, 2.24) is 8.51 Å². The minimum absolute atomic E-state index is 0.189. The Balaban J connectivity index is 2.07. The Bertz CT molecular complexity index is 539. The second-order valence-electron chi connectivity index (χ2n) is 3.98. The maximum absolute atomic E-state index is 4.62. The molecular weight excluding hydrogens is 337 g/mol. The van der Waals surface area contributed by atoms with Gasteiger partial charge < -0.3 is 3.53 Å². The van der Waals surface area contributed by atoms with E-state index >= 15 is 0 Å². The zero-order valence-corrected chi connectivity index (χ0v) is 11.8. The smallest absolute Gasteiger partial charge is 0.117 e. The molecule has 0 radical (unpaired) electrons. The summed E-state index contributed by atoms with van der Waals surface area (Å²) in [6.07, 6.45) is 5.76. The van der Waals surface area contributed by atoms with Crippen LogP contribution in [0.5, 0.6) is 0 Å². The number of hydrogen-bond acceptors (Lipinski definition) is 3. The zero-order valence-electron chi connectivity index (χ0n) is 9.62. The standard InChI is InChI=1S/C14H12IN3/c1-2-5-11(6-3-1)14(13-10-17-15-18-13)12-7-4-8-16-9-12/h1-10,14H,(H,17,18). The molecule has 0 amide bonds. The van der Waals surface area contributed by atoms with Crippen LogP contribution in [-0.4, -0.2) is 4.98 Å². The van der Waals surface area contributed by atoms with Gasteiger partial charge in [0, 0.05) is 18.6 Å². The van der Waals surface area contributed by atoms with Gasteiger partial charge in [-0.2, -0.15) is 0 Å². The summed E-state index contributed by atoms with van der Waals surface area (Å²) in [5.74, 6) is 0.189. The highest BCUT2D eigenvalue weighted by atomic mass is 127. The molecule has 90 valence electrons. The van der Waals surface area contributed by atoms with Crippen molar-refractivity contribution in [3.63, 3.8) is 0 Å². The van der Waals surface area contributed by atoms with Gasteiger partial charge in [0.15, 0.2) is 0 Å². The van der Waals surface area contributed by atoms with Crippen LogP contribution in [0.3, 0.4) is 0 Å². The molecule has 3 rings (SSSR count). The number of halogens is 1. The lowest BCUT2D eigenvalue weighted by atomic mass is 9.90. The van der Waals surface area contributed by atoms with Crippen LogP contribution in [0.4, 0.5) is 0 Å². The lowest BCUT2D eigenvalue weighted by molar-refractivity contribution is 0.923. The maximum Gasteiger partial charge on any atom is 0.117 e. The summed E-state index contributed by atoms with van der Waals surface area (Å²) in [5.41, 5.74) is 3.56. The fraction of sp³-hybridized carbons (Fsp3) is 0.0714. The number of rotatable bonds is 3. The molecule has 0 saturated heterocycles. The summed E-state index contributed by atoms with van der Waals surface area (Å²) in [6, 6.07) is 14.5. The largest absolute Gasteiger partial charge is 0.324 e. The molecule has 2 heterocycles. The lowest BCUT2D eigenvalue weighted by Gasteiger charge is -2.16. The summed E-state index contributed by atoms with van der Waals surface area (Å²) < 4.78 is 7.87. The number of pyridine rings is 1. The number of nitrogens with one attached hydrogen (secondary N) is 1. The monoisotopic (exact) mass is 349 g/mol. The molecular formula is C14H12IN3. The van der Waals surface area contributed by atoms with Crippen LogP contribution in [-0.2, 0) is 0 Å². The van der Waals surface area contributed by atoms with Crippen LogP contribution in [0.15, 0.2) is 69.9 Å². The third kappa shape index (κ3) is 2.33. The first-order valence-corrected chi connectivity index (χ1v) is 7.74. The van der Waals surface area contributed by atoms with E-state index in [1.807, 2.05) is 24.5 Å². The highest BCUT2D eigenvalue weighted by Crippen LogP contribution is 2.34. The van der Waals surface area contributed by atoms with E-state index in [-0.39, 0.29) is 27.2 Å². The molecule has 0 bridgehead atoms. The first-order valence-electron chi connectivity index (χ1n) is 5.70. The second-order valence-corrected chi connectivity index (χ2v) is 5.57. The van der Waals surface area contributed by atoms with Crippen LogP contribution < -0.4 is 3.53 Å². The average Bonchev–Trinajstić information content (AvgIpc) is 2.95. The second kappa shape index (κ2) is 5.39. The van der Waals surface area contributed by atoms with Gasteiger partial charge in [0.1, 0.15) is 21.3 Å². The van der Waals surface area contributed by atoms with Crippen LogP contribution in [0.2, 0.25) is 0 Å². The molecule has 0 aliphatic carbocycles. The molecule has 1 unspecified atom stereocenters. The highest BCUT2D eigenvalue weighted by Gasteiger charge is 2.20. The fourth-order valence-electron chi connectivity index (χ4n) is 2.04. The minimum atomic E-state index is -0.253. The first-order chi connectivity index (χ1) is 8.95. The van der Waals surface area contributed by atoms with Crippen molar-refractivity contribution >= 4 is 21.3 Å². The molecule has 1 aliphatic rings. The van der Waals surface area contributed by atoms with Gasteiger partial charge in [0.05, 0.1) is 11.6 Å². The van der Waals surface area contributed by atoms with E-state index in [9.17, 15) is 0 Å². The van der Waals surface area contributed by atoms with Crippen molar-refractivity contribution in [2.75, 3.05) is 0 Å². The van der Waals surface area contributed by atoms with E-state index in [4.69, 9.17) is 0 Å². The third-order valence-electron chi connectivity index (χ3n) is 2.84. The van der Waals surface area contributed by atoms with Gasteiger partial charge in [-0.25, -0.2) is 3.15 Å². The van der Waals surface area contributed by atoms with Crippen LogP contribution >= 0.6 is 21.3 Å². The van der Waals surface area contributed by atoms with E-state index in [1.54, 1.807) is 6.20 Å². The third-order valence-corrected chi connectivity index (χ3v) is 4.23. The summed E-state index contributed by atoms with van der Waals surface area (Å²) in [4.78, 5) is 4.22.